The Kier molecular flexibility index (Phi) is 5.02. The summed E-state index contributed by atoms with van der Waals surface area (Å²) in [7, 11) is 0. The van der Waals surface area contributed by atoms with Crippen LogP contribution in [0.4, 0.5) is 14.5 Å². The monoisotopic (exact) mass is 357 g/mol. The van der Waals surface area contributed by atoms with Gasteiger partial charge >= 0.3 is 0 Å². The molecule has 1 N–H and O–H groups in total. The van der Waals surface area contributed by atoms with Crippen molar-refractivity contribution in [2.45, 2.75) is 20.5 Å². The van der Waals surface area contributed by atoms with Crippen LogP contribution < -0.4 is 10.1 Å². The van der Waals surface area contributed by atoms with E-state index in [1.807, 2.05) is 32.0 Å². The third kappa shape index (κ3) is 3.91. The smallest absolute Gasteiger partial charge is 0.291 e. The maximum Gasteiger partial charge on any atom is 0.291 e. The van der Waals surface area contributed by atoms with Gasteiger partial charge in [0.15, 0.2) is 17.3 Å². The van der Waals surface area contributed by atoms with Crippen LogP contribution in [0.1, 0.15) is 27.4 Å². The molecule has 0 radical (unpaired) electrons. The number of benzene rings is 2. The number of carbonyl (C=O) groups is 1. The molecule has 0 fully saturated rings. The summed E-state index contributed by atoms with van der Waals surface area (Å²) in [6.45, 7) is 3.80. The fourth-order valence-corrected chi connectivity index (χ4v) is 2.39. The first-order chi connectivity index (χ1) is 12.4. The van der Waals surface area contributed by atoms with Crippen LogP contribution in [-0.4, -0.2) is 5.91 Å². The quantitative estimate of drug-likeness (QED) is 0.699. The van der Waals surface area contributed by atoms with Crippen LogP contribution in [0.5, 0.6) is 5.75 Å². The molecule has 134 valence electrons. The Balaban J connectivity index is 1.65. The van der Waals surface area contributed by atoms with Crippen LogP contribution >= 0.6 is 0 Å². The van der Waals surface area contributed by atoms with E-state index in [0.717, 1.165) is 23.3 Å². The van der Waals surface area contributed by atoms with E-state index in [4.69, 9.17) is 9.15 Å². The summed E-state index contributed by atoms with van der Waals surface area (Å²) in [6, 6.07) is 11.7. The number of nitrogens with one attached hydrogen (secondary N) is 1. The maximum atomic E-state index is 13.5. The largest absolute Gasteiger partial charge is 0.483 e. The van der Waals surface area contributed by atoms with Crippen LogP contribution in [0.2, 0.25) is 0 Å². The Morgan fingerprint density at radius 1 is 1.12 bits per heavy atom. The van der Waals surface area contributed by atoms with E-state index < -0.39 is 17.5 Å². The fourth-order valence-electron chi connectivity index (χ4n) is 2.39. The Labute approximate surface area is 149 Å². The number of amides is 1. The average molecular weight is 357 g/mol. The molecule has 0 bridgehead atoms. The molecule has 6 heteroatoms. The lowest BCUT2D eigenvalue weighted by Gasteiger charge is -2.09. The summed E-state index contributed by atoms with van der Waals surface area (Å²) in [4.78, 5) is 12.3. The van der Waals surface area contributed by atoms with E-state index in [1.54, 1.807) is 6.07 Å². The molecule has 1 aromatic heterocycles. The predicted octanol–water partition coefficient (Wildman–Crippen LogP) is 5.01. The first kappa shape index (κ1) is 17.7. The van der Waals surface area contributed by atoms with E-state index >= 15 is 0 Å². The van der Waals surface area contributed by atoms with Gasteiger partial charge in [0.1, 0.15) is 18.2 Å². The molecule has 3 rings (SSSR count). The number of furan rings is 1. The number of carbonyl (C=O) groups excluding carboxylic acids is 1. The second-order valence-corrected chi connectivity index (χ2v) is 5.83. The number of rotatable bonds is 5. The minimum Gasteiger partial charge on any atom is -0.483 e. The van der Waals surface area contributed by atoms with Gasteiger partial charge in [0, 0.05) is 11.8 Å². The van der Waals surface area contributed by atoms with E-state index in [2.05, 4.69) is 5.32 Å². The molecule has 4 nitrogen and oxygen atoms in total. The number of ether oxygens (including phenoxy) is 1. The molecular formula is C20H17F2NO3. The molecule has 0 unspecified atom stereocenters. The molecule has 0 aliphatic rings. The first-order valence-corrected chi connectivity index (χ1v) is 7.98. The minimum absolute atomic E-state index is 0.0840. The Morgan fingerprint density at radius 2 is 1.92 bits per heavy atom. The molecule has 0 aliphatic heterocycles. The van der Waals surface area contributed by atoms with Crippen molar-refractivity contribution in [1.29, 1.82) is 0 Å². The average Bonchev–Trinajstić information content (AvgIpc) is 3.07. The van der Waals surface area contributed by atoms with Gasteiger partial charge in [-0.1, -0.05) is 12.1 Å². The van der Waals surface area contributed by atoms with Crippen LogP contribution in [-0.2, 0) is 6.61 Å². The third-order valence-electron chi connectivity index (χ3n) is 4.00. The SMILES string of the molecule is Cc1cccc(NC(=O)c2ccc(COc3ccc(F)cc3F)o2)c1C. The van der Waals surface area contributed by atoms with Crippen LogP contribution in [0.15, 0.2) is 52.9 Å². The van der Waals surface area contributed by atoms with Crippen LogP contribution in [0.3, 0.4) is 0 Å². The van der Waals surface area contributed by atoms with Crippen molar-refractivity contribution in [3.8, 4) is 5.75 Å². The molecule has 0 atom stereocenters. The van der Waals surface area contributed by atoms with E-state index in [9.17, 15) is 13.6 Å². The fraction of sp³-hybridized carbons (Fsp3) is 0.150. The highest BCUT2D eigenvalue weighted by molar-refractivity contribution is 6.02. The van der Waals surface area contributed by atoms with Crippen molar-refractivity contribution in [3.05, 3.63) is 82.8 Å². The van der Waals surface area contributed by atoms with Crippen molar-refractivity contribution in [2.75, 3.05) is 5.32 Å². The minimum atomic E-state index is -0.801. The molecule has 0 saturated carbocycles. The Hall–Kier alpha value is -3.15. The zero-order chi connectivity index (χ0) is 18.7. The molecule has 3 aromatic rings. The molecule has 2 aromatic carbocycles. The maximum absolute atomic E-state index is 13.5. The zero-order valence-corrected chi connectivity index (χ0v) is 14.3. The van der Waals surface area contributed by atoms with Crippen molar-refractivity contribution < 1.29 is 22.7 Å². The molecule has 0 saturated heterocycles. The summed E-state index contributed by atoms with van der Waals surface area (Å²) in [5, 5.41) is 2.79. The van der Waals surface area contributed by atoms with Gasteiger partial charge in [-0.3, -0.25) is 4.79 Å². The summed E-state index contributed by atoms with van der Waals surface area (Å²) in [5.41, 5.74) is 2.75. The van der Waals surface area contributed by atoms with E-state index in [-0.39, 0.29) is 18.1 Å². The predicted molar refractivity (Wildman–Crippen MR) is 93.3 cm³/mol. The van der Waals surface area contributed by atoms with Crippen molar-refractivity contribution in [1.82, 2.24) is 0 Å². The standard InChI is InChI=1S/C20H17F2NO3/c1-12-4-3-5-17(13(12)2)23-20(24)19-9-7-15(26-19)11-25-18-8-6-14(21)10-16(18)22/h3-10H,11H2,1-2H3,(H,23,24). The molecular weight excluding hydrogens is 340 g/mol. The van der Waals surface area contributed by atoms with Gasteiger partial charge in [0.05, 0.1) is 0 Å². The second kappa shape index (κ2) is 7.39. The van der Waals surface area contributed by atoms with Gasteiger partial charge in [-0.05, 0) is 55.3 Å². The van der Waals surface area contributed by atoms with Crippen molar-refractivity contribution in [2.24, 2.45) is 0 Å². The zero-order valence-electron chi connectivity index (χ0n) is 14.3. The lowest BCUT2D eigenvalue weighted by Crippen LogP contribution is -2.12. The highest BCUT2D eigenvalue weighted by Crippen LogP contribution is 2.21. The summed E-state index contributed by atoms with van der Waals surface area (Å²) < 4.78 is 37.1. The highest BCUT2D eigenvalue weighted by Gasteiger charge is 2.14. The molecule has 0 aliphatic carbocycles. The summed E-state index contributed by atoms with van der Waals surface area (Å²) in [6.07, 6.45) is 0. The second-order valence-electron chi connectivity index (χ2n) is 5.83. The van der Waals surface area contributed by atoms with E-state index in [1.165, 1.54) is 12.1 Å². The molecule has 0 spiro atoms. The number of hydrogen-bond donors (Lipinski definition) is 1. The van der Waals surface area contributed by atoms with Crippen molar-refractivity contribution >= 4 is 11.6 Å². The summed E-state index contributed by atoms with van der Waals surface area (Å²) in [5.74, 6) is -1.51. The lowest BCUT2D eigenvalue weighted by atomic mass is 10.1. The first-order valence-electron chi connectivity index (χ1n) is 7.98. The number of halogens is 2. The highest BCUT2D eigenvalue weighted by atomic mass is 19.1. The lowest BCUT2D eigenvalue weighted by molar-refractivity contribution is 0.0992. The third-order valence-corrected chi connectivity index (χ3v) is 4.00. The Morgan fingerprint density at radius 3 is 2.69 bits per heavy atom. The topological polar surface area (TPSA) is 51.5 Å². The van der Waals surface area contributed by atoms with Crippen molar-refractivity contribution in [3.63, 3.8) is 0 Å². The van der Waals surface area contributed by atoms with E-state index in [0.29, 0.717) is 11.4 Å². The van der Waals surface area contributed by atoms with Gasteiger partial charge in [-0.2, -0.15) is 0 Å². The van der Waals surface area contributed by atoms with Crippen LogP contribution in [0, 0.1) is 25.5 Å². The summed E-state index contributed by atoms with van der Waals surface area (Å²) >= 11 is 0. The van der Waals surface area contributed by atoms with Crippen LogP contribution in [0.25, 0.3) is 0 Å². The van der Waals surface area contributed by atoms with Gasteiger partial charge in [0.25, 0.3) is 5.91 Å². The van der Waals surface area contributed by atoms with Gasteiger partial charge in [-0.25, -0.2) is 8.78 Å². The molecule has 1 amide bonds. The Bertz CT molecular complexity index is 950. The number of anilines is 1. The van der Waals surface area contributed by atoms with Gasteiger partial charge in [-0.15, -0.1) is 0 Å². The normalized spacial score (nSPS) is 10.6. The van der Waals surface area contributed by atoms with Gasteiger partial charge in [0.2, 0.25) is 0 Å². The van der Waals surface area contributed by atoms with Gasteiger partial charge < -0.3 is 14.5 Å². The molecule has 1 heterocycles. The number of hydrogen-bond acceptors (Lipinski definition) is 3. The molecule has 26 heavy (non-hydrogen) atoms. The number of aryl methyl sites for hydroxylation is 1.